The number of carbonyl (C=O) groups excluding carboxylic acids is 3. The van der Waals surface area contributed by atoms with Gasteiger partial charge in [0.1, 0.15) is 17.2 Å². The molecule has 0 aliphatic rings. The van der Waals surface area contributed by atoms with Crippen molar-refractivity contribution in [3.63, 3.8) is 0 Å². The van der Waals surface area contributed by atoms with Crippen LogP contribution in [0, 0.1) is 5.82 Å². The fourth-order valence-electron chi connectivity index (χ4n) is 3.07. The normalized spacial score (nSPS) is 11.1. The highest BCUT2D eigenvalue weighted by molar-refractivity contribution is 6.07. The van der Waals surface area contributed by atoms with Crippen LogP contribution in [0.5, 0.6) is 0 Å². The van der Waals surface area contributed by atoms with Crippen LogP contribution < -0.4 is 26.6 Å². The zero-order valence-electron chi connectivity index (χ0n) is 20.6. The maximum atomic E-state index is 13.5. The van der Waals surface area contributed by atoms with Crippen molar-refractivity contribution in [3.8, 4) is 0 Å². The van der Waals surface area contributed by atoms with E-state index in [1.165, 1.54) is 32.3 Å². The lowest BCUT2D eigenvalue weighted by atomic mass is 10.2. The van der Waals surface area contributed by atoms with Gasteiger partial charge in [-0.05, 0) is 49.7 Å². The standard InChI is InChI=1S/C25H28FN7O4/c1-4-11-28-21-20(14-29-24(33-21)32-17-8-5-7-16(26)12-17)23(35)31-19-10-6-9-18(13-19)30-22(34)15(2)37-25(36)27-3/h5-10,12-15H,4,11H2,1-3H3,(H,27,36)(H,30,34)(H,31,35)(H2,28,29,32,33). The van der Waals surface area contributed by atoms with Gasteiger partial charge in [0, 0.05) is 36.9 Å². The van der Waals surface area contributed by atoms with Crippen LogP contribution in [0.3, 0.4) is 0 Å². The number of hydrogen-bond acceptors (Lipinski definition) is 8. The summed E-state index contributed by atoms with van der Waals surface area (Å²) >= 11 is 0. The van der Waals surface area contributed by atoms with Crippen molar-refractivity contribution in [2.45, 2.75) is 26.4 Å². The Morgan fingerprint density at radius 1 is 1.03 bits per heavy atom. The smallest absolute Gasteiger partial charge is 0.407 e. The number of ether oxygens (including phenoxy) is 1. The minimum absolute atomic E-state index is 0.193. The summed E-state index contributed by atoms with van der Waals surface area (Å²) < 4.78 is 18.4. The predicted molar refractivity (Wildman–Crippen MR) is 139 cm³/mol. The molecule has 1 unspecified atom stereocenters. The van der Waals surface area contributed by atoms with Crippen molar-refractivity contribution in [1.29, 1.82) is 0 Å². The van der Waals surface area contributed by atoms with E-state index >= 15 is 0 Å². The minimum atomic E-state index is -1.03. The van der Waals surface area contributed by atoms with Gasteiger partial charge in [0.25, 0.3) is 11.8 Å². The Morgan fingerprint density at radius 2 is 1.73 bits per heavy atom. The van der Waals surface area contributed by atoms with Gasteiger partial charge in [0.2, 0.25) is 5.95 Å². The third-order valence-corrected chi connectivity index (χ3v) is 4.90. The average molecular weight is 510 g/mol. The largest absolute Gasteiger partial charge is 0.436 e. The lowest BCUT2D eigenvalue weighted by Gasteiger charge is -2.15. The van der Waals surface area contributed by atoms with Crippen LogP contribution >= 0.6 is 0 Å². The Morgan fingerprint density at radius 3 is 2.43 bits per heavy atom. The summed E-state index contributed by atoms with van der Waals surface area (Å²) in [6.45, 7) is 3.97. The zero-order valence-corrected chi connectivity index (χ0v) is 20.6. The van der Waals surface area contributed by atoms with E-state index in [0.29, 0.717) is 29.4 Å². The molecule has 12 heteroatoms. The summed E-state index contributed by atoms with van der Waals surface area (Å²) in [5.74, 6) is -0.919. The fourth-order valence-corrected chi connectivity index (χ4v) is 3.07. The molecule has 0 saturated carbocycles. The molecule has 5 N–H and O–H groups in total. The van der Waals surface area contributed by atoms with Gasteiger partial charge < -0.3 is 31.3 Å². The quantitative estimate of drug-likeness (QED) is 0.274. The first kappa shape index (κ1) is 26.9. The highest BCUT2D eigenvalue weighted by Crippen LogP contribution is 2.21. The number of rotatable bonds is 10. The van der Waals surface area contributed by atoms with E-state index in [1.807, 2.05) is 6.92 Å². The number of aromatic nitrogens is 2. The van der Waals surface area contributed by atoms with Crippen molar-refractivity contribution in [1.82, 2.24) is 15.3 Å². The maximum Gasteiger partial charge on any atom is 0.407 e. The van der Waals surface area contributed by atoms with Crippen LogP contribution in [0.4, 0.5) is 38.0 Å². The Kier molecular flexibility index (Phi) is 9.30. The maximum absolute atomic E-state index is 13.5. The fraction of sp³-hybridized carbons (Fsp3) is 0.240. The van der Waals surface area contributed by atoms with Gasteiger partial charge in [-0.25, -0.2) is 14.2 Å². The second-order valence-corrected chi connectivity index (χ2v) is 7.84. The van der Waals surface area contributed by atoms with E-state index in [2.05, 4.69) is 36.6 Å². The first-order valence-corrected chi connectivity index (χ1v) is 11.5. The average Bonchev–Trinajstić information content (AvgIpc) is 2.87. The summed E-state index contributed by atoms with van der Waals surface area (Å²) in [5, 5.41) is 13.7. The van der Waals surface area contributed by atoms with E-state index in [9.17, 15) is 18.8 Å². The molecule has 37 heavy (non-hydrogen) atoms. The summed E-state index contributed by atoms with van der Waals surface area (Å²) in [5.41, 5.74) is 1.46. The molecule has 0 radical (unpaired) electrons. The Labute approximate surface area is 213 Å². The molecule has 0 aliphatic carbocycles. The number of hydrogen-bond donors (Lipinski definition) is 5. The zero-order chi connectivity index (χ0) is 26.8. The highest BCUT2D eigenvalue weighted by atomic mass is 19.1. The van der Waals surface area contributed by atoms with Crippen LogP contribution in [0.25, 0.3) is 0 Å². The number of anilines is 5. The van der Waals surface area contributed by atoms with Crippen LogP contribution in [0.1, 0.15) is 30.6 Å². The summed E-state index contributed by atoms with van der Waals surface area (Å²) in [4.78, 5) is 45.2. The van der Waals surface area contributed by atoms with E-state index in [-0.39, 0.29) is 11.5 Å². The van der Waals surface area contributed by atoms with E-state index in [0.717, 1.165) is 6.42 Å². The number of nitrogens with zero attached hydrogens (tertiary/aromatic N) is 2. The van der Waals surface area contributed by atoms with Crippen LogP contribution in [0.15, 0.2) is 54.7 Å². The molecular formula is C25H28FN7O4. The van der Waals surface area contributed by atoms with Gasteiger partial charge in [-0.2, -0.15) is 4.98 Å². The molecule has 0 fully saturated rings. The monoisotopic (exact) mass is 509 g/mol. The molecule has 3 rings (SSSR count). The number of amides is 3. The molecule has 0 spiro atoms. The molecule has 2 aromatic carbocycles. The van der Waals surface area contributed by atoms with Gasteiger partial charge >= 0.3 is 6.09 Å². The van der Waals surface area contributed by atoms with Gasteiger partial charge in [0.15, 0.2) is 6.10 Å². The molecule has 194 valence electrons. The van der Waals surface area contributed by atoms with E-state index < -0.39 is 29.8 Å². The van der Waals surface area contributed by atoms with Crippen LogP contribution in [-0.2, 0) is 9.53 Å². The molecule has 1 heterocycles. The molecule has 0 aliphatic heterocycles. The predicted octanol–water partition coefficient (Wildman–Crippen LogP) is 4.12. The minimum Gasteiger partial charge on any atom is -0.436 e. The topological polar surface area (TPSA) is 146 Å². The number of benzene rings is 2. The highest BCUT2D eigenvalue weighted by Gasteiger charge is 2.18. The number of carbonyl (C=O) groups is 3. The summed E-state index contributed by atoms with van der Waals surface area (Å²) in [6.07, 6.45) is 0.407. The van der Waals surface area contributed by atoms with E-state index in [1.54, 1.807) is 36.4 Å². The molecule has 0 saturated heterocycles. The Bertz CT molecular complexity index is 1270. The third kappa shape index (κ3) is 7.88. The van der Waals surface area contributed by atoms with Crippen molar-refractivity contribution >= 4 is 46.7 Å². The van der Waals surface area contributed by atoms with Gasteiger partial charge in [-0.15, -0.1) is 0 Å². The van der Waals surface area contributed by atoms with Gasteiger partial charge in [-0.3, -0.25) is 9.59 Å². The molecule has 3 aromatic rings. The second kappa shape index (κ2) is 12.8. The van der Waals surface area contributed by atoms with E-state index in [4.69, 9.17) is 4.74 Å². The van der Waals surface area contributed by atoms with Crippen molar-refractivity contribution in [2.24, 2.45) is 0 Å². The SMILES string of the molecule is CCCNc1nc(Nc2cccc(F)c2)ncc1C(=O)Nc1cccc(NC(=O)C(C)OC(=O)NC)c1. The molecule has 1 atom stereocenters. The first-order valence-electron chi connectivity index (χ1n) is 11.5. The Hall–Kier alpha value is -4.74. The summed E-state index contributed by atoms with van der Waals surface area (Å²) in [7, 11) is 1.39. The van der Waals surface area contributed by atoms with Crippen LogP contribution in [0.2, 0.25) is 0 Å². The van der Waals surface area contributed by atoms with Crippen molar-refractivity contribution in [2.75, 3.05) is 34.9 Å². The second-order valence-electron chi connectivity index (χ2n) is 7.84. The lowest BCUT2D eigenvalue weighted by molar-refractivity contribution is -0.123. The molecule has 1 aromatic heterocycles. The summed E-state index contributed by atoms with van der Waals surface area (Å²) in [6, 6.07) is 12.3. The number of halogens is 1. The van der Waals surface area contributed by atoms with Crippen molar-refractivity contribution < 1.29 is 23.5 Å². The Balaban J connectivity index is 1.73. The molecular weight excluding hydrogens is 481 g/mol. The number of alkyl carbamates (subject to hydrolysis) is 1. The lowest BCUT2D eigenvalue weighted by Crippen LogP contribution is -2.33. The molecule has 3 amide bonds. The van der Waals surface area contributed by atoms with Crippen molar-refractivity contribution in [3.05, 3.63) is 66.1 Å². The first-order chi connectivity index (χ1) is 17.8. The van der Waals surface area contributed by atoms with Gasteiger partial charge in [0.05, 0.1) is 0 Å². The third-order valence-electron chi connectivity index (χ3n) is 4.90. The van der Waals surface area contributed by atoms with Crippen LogP contribution in [-0.4, -0.2) is 47.6 Å². The molecule has 11 nitrogen and oxygen atoms in total. The van der Waals surface area contributed by atoms with Gasteiger partial charge in [-0.1, -0.05) is 19.1 Å². The number of nitrogens with one attached hydrogen (secondary N) is 5. The molecule has 0 bridgehead atoms.